The summed E-state index contributed by atoms with van der Waals surface area (Å²) in [4.78, 5) is 9.27. The van der Waals surface area contributed by atoms with E-state index in [1.165, 1.54) is 0 Å². The number of sulfonamides is 1. The van der Waals surface area contributed by atoms with Gasteiger partial charge >= 0.3 is 0 Å². The van der Waals surface area contributed by atoms with Crippen LogP contribution in [-0.4, -0.2) is 95.1 Å². The van der Waals surface area contributed by atoms with E-state index in [1.807, 2.05) is 19.2 Å². The van der Waals surface area contributed by atoms with Gasteiger partial charge in [0.05, 0.1) is 11.5 Å². The molecule has 1 aromatic rings. The molecular formula is C21H33N5O3S. The highest BCUT2D eigenvalue weighted by atomic mass is 32.2. The zero-order chi connectivity index (χ0) is 21.2. The summed E-state index contributed by atoms with van der Waals surface area (Å²) in [5.41, 5.74) is 1.02. The van der Waals surface area contributed by atoms with Gasteiger partial charge in [0, 0.05) is 64.9 Å². The van der Waals surface area contributed by atoms with Crippen LogP contribution in [0.15, 0.2) is 34.2 Å². The van der Waals surface area contributed by atoms with Crippen LogP contribution >= 0.6 is 0 Å². The fraction of sp³-hybridized carbons (Fsp3) is 0.667. The Kier molecular flexibility index (Phi) is 6.34. The number of likely N-dealkylation sites (N-methyl/N-ethyl adjacent to an activating group) is 1. The molecule has 0 saturated carbocycles. The summed E-state index contributed by atoms with van der Waals surface area (Å²) in [6.07, 6.45) is 2.22. The Balaban J connectivity index is 1.45. The SMILES string of the molecule is CN=C(NCc1ccccc1S(=O)(=O)N1CCN(C)CC1)N1CCC2(CCOC2)C1. The van der Waals surface area contributed by atoms with Gasteiger partial charge in [0.2, 0.25) is 10.0 Å². The Bertz CT molecular complexity index is 874. The molecule has 3 fully saturated rings. The van der Waals surface area contributed by atoms with E-state index < -0.39 is 10.0 Å². The molecule has 1 unspecified atom stereocenters. The minimum Gasteiger partial charge on any atom is -0.381 e. The van der Waals surface area contributed by atoms with Crippen molar-refractivity contribution in [2.75, 3.05) is 66.6 Å². The molecule has 0 radical (unpaired) electrons. The van der Waals surface area contributed by atoms with E-state index in [-0.39, 0.29) is 5.41 Å². The van der Waals surface area contributed by atoms with Crippen molar-refractivity contribution in [3.63, 3.8) is 0 Å². The fourth-order valence-electron chi connectivity index (χ4n) is 4.66. The molecule has 1 atom stereocenters. The third-order valence-electron chi connectivity index (χ3n) is 6.62. The van der Waals surface area contributed by atoms with Crippen molar-refractivity contribution in [2.24, 2.45) is 10.4 Å². The van der Waals surface area contributed by atoms with Crippen molar-refractivity contribution in [3.8, 4) is 0 Å². The van der Waals surface area contributed by atoms with Gasteiger partial charge in [-0.25, -0.2) is 8.42 Å². The van der Waals surface area contributed by atoms with Gasteiger partial charge in [-0.1, -0.05) is 18.2 Å². The summed E-state index contributed by atoms with van der Waals surface area (Å²) < 4.78 is 33.8. The lowest BCUT2D eigenvalue weighted by molar-refractivity contribution is 0.156. The van der Waals surface area contributed by atoms with Gasteiger partial charge in [0.1, 0.15) is 0 Å². The molecule has 3 aliphatic rings. The third-order valence-corrected chi connectivity index (χ3v) is 8.62. The first-order valence-electron chi connectivity index (χ1n) is 10.7. The zero-order valence-corrected chi connectivity index (χ0v) is 18.8. The van der Waals surface area contributed by atoms with Gasteiger partial charge in [-0.15, -0.1) is 0 Å². The van der Waals surface area contributed by atoms with E-state index in [0.29, 0.717) is 24.5 Å². The van der Waals surface area contributed by atoms with Crippen molar-refractivity contribution in [1.29, 1.82) is 0 Å². The Hall–Kier alpha value is -1.68. The van der Waals surface area contributed by atoms with Crippen LogP contribution in [-0.2, 0) is 21.3 Å². The number of likely N-dealkylation sites (tertiary alicyclic amines) is 1. The number of hydrogen-bond donors (Lipinski definition) is 1. The second-order valence-electron chi connectivity index (χ2n) is 8.69. The standard InChI is InChI=1S/C21H33N5O3S/c1-22-20(25-9-7-21(16-25)8-14-29-17-21)23-15-18-5-3-4-6-19(18)30(27,28)26-12-10-24(2)11-13-26/h3-6H,7-17H2,1-2H3,(H,22,23). The number of rotatable bonds is 4. The number of aliphatic imine (C=N–C) groups is 1. The summed E-state index contributed by atoms with van der Waals surface area (Å²) in [6.45, 7) is 6.55. The Morgan fingerprint density at radius 1 is 1.17 bits per heavy atom. The predicted octanol–water partition coefficient (Wildman–Crippen LogP) is 0.811. The van der Waals surface area contributed by atoms with Crippen molar-refractivity contribution in [1.82, 2.24) is 19.4 Å². The molecule has 3 aliphatic heterocycles. The second kappa shape index (κ2) is 8.82. The van der Waals surface area contributed by atoms with Gasteiger partial charge in [0.25, 0.3) is 0 Å². The molecule has 0 aliphatic carbocycles. The molecule has 3 heterocycles. The maximum absolute atomic E-state index is 13.3. The number of ether oxygens (including phenoxy) is 1. The first kappa shape index (κ1) is 21.5. The number of benzene rings is 1. The Labute approximate surface area is 179 Å². The van der Waals surface area contributed by atoms with E-state index in [2.05, 4.69) is 20.1 Å². The van der Waals surface area contributed by atoms with Crippen molar-refractivity contribution in [3.05, 3.63) is 29.8 Å². The number of piperazine rings is 1. The number of guanidine groups is 1. The molecule has 0 bridgehead atoms. The molecule has 1 spiro atoms. The van der Waals surface area contributed by atoms with E-state index in [1.54, 1.807) is 23.5 Å². The lowest BCUT2D eigenvalue weighted by Gasteiger charge is -2.32. The number of nitrogens with one attached hydrogen (secondary N) is 1. The summed E-state index contributed by atoms with van der Waals surface area (Å²) in [5, 5.41) is 3.40. The molecule has 0 amide bonds. The summed E-state index contributed by atoms with van der Waals surface area (Å²) >= 11 is 0. The van der Waals surface area contributed by atoms with Crippen molar-refractivity contribution >= 4 is 16.0 Å². The van der Waals surface area contributed by atoms with Gasteiger partial charge in [-0.05, 0) is 31.5 Å². The molecule has 30 heavy (non-hydrogen) atoms. The van der Waals surface area contributed by atoms with E-state index in [0.717, 1.165) is 63.8 Å². The molecule has 8 nitrogen and oxygen atoms in total. The first-order chi connectivity index (χ1) is 14.4. The van der Waals surface area contributed by atoms with E-state index in [9.17, 15) is 8.42 Å². The lowest BCUT2D eigenvalue weighted by atomic mass is 9.87. The quantitative estimate of drug-likeness (QED) is 0.557. The highest BCUT2D eigenvalue weighted by Crippen LogP contribution is 2.38. The molecule has 166 valence electrons. The molecule has 3 saturated heterocycles. The van der Waals surface area contributed by atoms with Gasteiger partial charge in [0.15, 0.2) is 5.96 Å². The Morgan fingerprint density at radius 3 is 2.63 bits per heavy atom. The van der Waals surface area contributed by atoms with Crippen LogP contribution in [0.3, 0.4) is 0 Å². The zero-order valence-electron chi connectivity index (χ0n) is 18.0. The van der Waals surface area contributed by atoms with Crippen molar-refractivity contribution < 1.29 is 13.2 Å². The van der Waals surface area contributed by atoms with Gasteiger partial charge < -0.3 is 19.9 Å². The average Bonchev–Trinajstić information content (AvgIpc) is 3.39. The van der Waals surface area contributed by atoms with Crippen LogP contribution in [0.2, 0.25) is 0 Å². The minimum absolute atomic E-state index is 0.250. The minimum atomic E-state index is -3.51. The number of nitrogens with zero attached hydrogens (tertiary/aromatic N) is 4. The van der Waals surface area contributed by atoms with Crippen LogP contribution in [0.4, 0.5) is 0 Å². The largest absolute Gasteiger partial charge is 0.381 e. The van der Waals surface area contributed by atoms with E-state index in [4.69, 9.17) is 4.74 Å². The maximum atomic E-state index is 13.3. The van der Waals surface area contributed by atoms with Crippen molar-refractivity contribution in [2.45, 2.75) is 24.3 Å². The maximum Gasteiger partial charge on any atom is 0.243 e. The third kappa shape index (κ3) is 4.34. The first-order valence-corrected chi connectivity index (χ1v) is 12.2. The summed E-state index contributed by atoms with van der Waals surface area (Å²) in [7, 11) is 0.293. The molecule has 1 aromatic carbocycles. The monoisotopic (exact) mass is 435 g/mol. The molecule has 4 rings (SSSR count). The van der Waals surface area contributed by atoms with Crippen LogP contribution in [0.1, 0.15) is 18.4 Å². The van der Waals surface area contributed by atoms with Crippen LogP contribution in [0.25, 0.3) is 0 Å². The molecule has 0 aromatic heterocycles. The van der Waals surface area contributed by atoms with Crippen LogP contribution < -0.4 is 5.32 Å². The van der Waals surface area contributed by atoms with Gasteiger partial charge in [-0.3, -0.25) is 4.99 Å². The number of hydrogen-bond acceptors (Lipinski definition) is 5. The topological polar surface area (TPSA) is 77.5 Å². The highest BCUT2D eigenvalue weighted by Gasteiger charge is 2.42. The molecular weight excluding hydrogens is 402 g/mol. The predicted molar refractivity (Wildman–Crippen MR) is 117 cm³/mol. The normalized spacial score (nSPS) is 26.6. The smallest absolute Gasteiger partial charge is 0.243 e. The highest BCUT2D eigenvalue weighted by molar-refractivity contribution is 7.89. The summed E-state index contributed by atoms with van der Waals surface area (Å²) in [5.74, 6) is 0.825. The fourth-order valence-corrected chi connectivity index (χ4v) is 6.31. The molecule has 1 N–H and O–H groups in total. The lowest BCUT2D eigenvalue weighted by Crippen LogP contribution is -2.47. The second-order valence-corrected chi connectivity index (χ2v) is 10.6. The Morgan fingerprint density at radius 2 is 1.93 bits per heavy atom. The van der Waals surface area contributed by atoms with Crippen LogP contribution in [0, 0.1) is 5.41 Å². The summed E-state index contributed by atoms with van der Waals surface area (Å²) in [6, 6.07) is 7.29. The average molecular weight is 436 g/mol. The van der Waals surface area contributed by atoms with E-state index >= 15 is 0 Å². The molecule has 9 heteroatoms. The van der Waals surface area contributed by atoms with Crippen LogP contribution in [0.5, 0.6) is 0 Å². The van der Waals surface area contributed by atoms with Gasteiger partial charge in [-0.2, -0.15) is 4.31 Å².